The zero-order chi connectivity index (χ0) is 33.7. The monoisotopic (exact) mass is 664 g/mol. The van der Waals surface area contributed by atoms with Crippen LogP contribution in [0.25, 0.3) is 0 Å². The van der Waals surface area contributed by atoms with Gasteiger partial charge in [0.05, 0.1) is 29.8 Å². The summed E-state index contributed by atoms with van der Waals surface area (Å²) in [5, 5.41) is 0. The van der Waals surface area contributed by atoms with E-state index in [0.29, 0.717) is 24.2 Å². The molecule has 264 valence electrons. The number of carbonyl (C=O) groups is 5. The number of carbonyl (C=O) groups excluding carboxylic acids is 5. The minimum atomic E-state index is -0.497. The maximum atomic E-state index is 12.0. The first-order chi connectivity index (χ1) is 22.6. The van der Waals surface area contributed by atoms with Crippen molar-refractivity contribution in [1.29, 1.82) is 0 Å². The van der Waals surface area contributed by atoms with Crippen molar-refractivity contribution in [2.24, 2.45) is 47.3 Å². The Labute approximate surface area is 277 Å². The molecule has 0 aromatic rings. The van der Waals surface area contributed by atoms with Crippen molar-refractivity contribution in [3.8, 4) is 0 Å². The lowest BCUT2D eigenvalue weighted by atomic mass is 9.67. The number of esters is 5. The molecule has 0 aromatic heterocycles. The molecule has 4 aliphatic heterocycles. The van der Waals surface area contributed by atoms with Crippen molar-refractivity contribution in [1.82, 2.24) is 0 Å². The molecule has 4 heterocycles. The molecular weight excluding hydrogens is 612 g/mol. The van der Waals surface area contributed by atoms with Gasteiger partial charge in [-0.05, 0) is 87.9 Å². The van der Waals surface area contributed by atoms with Crippen LogP contribution >= 0.6 is 0 Å². The van der Waals surface area contributed by atoms with Crippen LogP contribution in [0.1, 0.15) is 91.9 Å². The van der Waals surface area contributed by atoms with Crippen molar-refractivity contribution >= 4 is 29.8 Å². The fourth-order valence-electron chi connectivity index (χ4n) is 8.31. The van der Waals surface area contributed by atoms with E-state index >= 15 is 0 Å². The largest absolute Gasteiger partial charge is 0.462 e. The maximum Gasteiger partial charge on any atom is 0.332 e. The van der Waals surface area contributed by atoms with Crippen LogP contribution < -0.4 is 0 Å². The van der Waals surface area contributed by atoms with Crippen LogP contribution in [0.5, 0.6) is 0 Å². The van der Waals surface area contributed by atoms with Gasteiger partial charge in [0.25, 0.3) is 0 Å². The van der Waals surface area contributed by atoms with E-state index < -0.39 is 5.97 Å². The molecule has 8 rings (SSSR count). The second kappa shape index (κ2) is 16.1. The third-order valence-corrected chi connectivity index (χ3v) is 11.2. The van der Waals surface area contributed by atoms with Gasteiger partial charge in [0, 0.05) is 0 Å². The molecule has 12 nitrogen and oxygen atoms in total. The summed E-state index contributed by atoms with van der Waals surface area (Å²) in [4.78, 5) is 59.0. The summed E-state index contributed by atoms with van der Waals surface area (Å²) in [5.41, 5.74) is 0. The molecule has 12 heteroatoms. The number of hydrogen-bond donors (Lipinski definition) is 0. The van der Waals surface area contributed by atoms with Gasteiger partial charge in [-0.3, -0.25) is 19.2 Å². The molecule has 47 heavy (non-hydrogen) atoms. The van der Waals surface area contributed by atoms with Gasteiger partial charge in [0.2, 0.25) is 0 Å². The average Bonchev–Trinajstić information content (AvgIpc) is 3.33. The van der Waals surface area contributed by atoms with Crippen molar-refractivity contribution in [2.45, 2.75) is 116 Å². The van der Waals surface area contributed by atoms with Crippen LogP contribution in [-0.2, 0) is 57.1 Å². The Hall–Kier alpha value is -2.73. The van der Waals surface area contributed by atoms with Crippen molar-refractivity contribution < 1.29 is 57.1 Å². The van der Waals surface area contributed by atoms with E-state index in [-0.39, 0.29) is 104 Å². The minimum absolute atomic E-state index is 0.00972. The predicted octanol–water partition coefficient (Wildman–Crippen LogP) is 4.15. The van der Waals surface area contributed by atoms with E-state index in [4.69, 9.17) is 33.2 Å². The van der Waals surface area contributed by atoms with Gasteiger partial charge >= 0.3 is 29.8 Å². The number of hydrogen-bond acceptors (Lipinski definition) is 12. The first-order valence-corrected chi connectivity index (χ1v) is 17.7. The first kappa shape index (κ1) is 35.6. The maximum absolute atomic E-state index is 12.0. The van der Waals surface area contributed by atoms with Crippen LogP contribution in [0, 0.1) is 47.3 Å². The van der Waals surface area contributed by atoms with E-state index in [1.807, 2.05) is 20.8 Å². The molecule has 0 spiro atoms. The normalized spacial score (nSPS) is 35.7. The molecule has 4 aliphatic carbocycles. The Morgan fingerprint density at radius 1 is 0.660 bits per heavy atom. The lowest BCUT2D eigenvalue weighted by Crippen LogP contribution is -2.45. The highest BCUT2D eigenvalue weighted by molar-refractivity contribution is 5.74. The van der Waals surface area contributed by atoms with Crippen LogP contribution in [0.3, 0.4) is 0 Å². The summed E-state index contributed by atoms with van der Waals surface area (Å²) >= 11 is 0. The summed E-state index contributed by atoms with van der Waals surface area (Å²) < 4.78 is 38.0. The summed E-state index contributed by atoms with van der Waals surface area (Å²) in [6.45, 7) is 7.35. The molecule has 12 atom stereocenters. The average molecular weight is 665 g/mol. The van der Waals surface area contributed by atoms with Crippen molar-refractivity contribution in [2.75, 3.05) is 26.6 Å². The Bertz CT molecular complexity index is 1140. The zero-order valence-corrected chi connectivity index (χ0v) is 28.2. The summed E-state index contributed by atoms with van der Waals surface area (Å²) in [7, 11) is 0. The van der Waals surface area contributed by atoms with E-state index in [2.05, 4.69) is 0 Å². The number of rotatable bonds is 13. The van der Waals surface area contributed by atoms with E-state index in [1.54, 1.807) is 6.92 Å². The lowest BCUT2D eigenvalue weighted by molar-refractivity contribution is -0.187. The molecule has 0 radical (unpaired) electrons. The molecule has 8 fully saturated rings. The van der Waals surface area contributed by atoms with Gasteiger partial charge in [-0.25, -0.2) is 4.79 Å². The Morgan fingerprint density at radius 2 is 1.15 bits per heavy atom. The summed E-state index contributed by atoms with van der Waals surface area (Å²) in [6.07, 6.45) is 8.13. The fourth-order valence-corrected chi connectivity index (χ4v) is 8.31. The summed E-state index contributed by atoms with van der Waals surface area (Å²) in [5.74, 6) is 0.356. The van der Waals surface area contributed by atoms with E-state index in [1.165, 1.54) is 0 Å². The molecule has 0 N–H and O–H groups in total. The smallest absolute Gasteiger partial charge is 0.332 e. The quantitative estimate of drug-likeness (QED) is 0.120. The Balaban J connectivity index is 0.000000189. The van der Waals surface area contributed by atoms with Gasteiger partial charge in [-0.1, -0.05) is 27.7 Å². The van der Waals surface area contributed by atoms with E-state index in [9.17, 15) is 24.0 Å². The molecule has 4 saturated heterocycles. The van der Waals surface area contributed by atoms with Crippen LogP contribution in [0.4, 0.5) is 0 Å². The minimum Gasteiger partial charge on any atom is -0.462 e. The highest BCUT2D eigenvalue weighted by atomic mass is 16.7. The van der Waals surface area contributed by atoms with Gasteiger partial charge in [-0.2, -0.15) is 0 Å². The van der Waals surface area contributed by atoms with Crippen molar-refractivity contribution in [3.63, 3.8) is 0 Å². The molecule has 12 unspecified atom stereocenters. The fraction of sp³-hybridized carbons (Fsp3) is 0.857. The molecule has 0 amide bonds. The van der Waals surface area contributed by atoms with Gasteiger partial charge < -0.3 is 33.2 Å². The predicted molar refractivity (Wildman–Crippen MR) is 164 cm³/mol. The van der Waals surface area contributed by atoms with Gasteiger partial charge in [0.15, 0.2) is 6.79 Å². The SMILES string of the molecule is CCC(C)C(=O)OCCOC(=O)COC1C2CC3CC(C2)C(=O)OC1C3.CCC(C)C(=O)OCOC1C2CC3CC(C2)C(=O)OC1C3. The molecule has 0 aromatic carbocycles. The topological polar surface area (TPSA) is 150 Å². The van der Waals surface area contributed by atoms with Crippen LogP contribution in [0.15, 0.2) is 0 Å². The highest BCUT2D eigenvalue weighted by Gasteiger charge is 2.52. The highest BCUT2D eigenvalue weighted by Crippen LogP contribution is 2.49. The third-order valence-electron chi connectivity index (χ3n) is 11.2. The molecule has 4 saturated carbocycles. The Morgan fingerprint density at radius 3 is 1.68 bits per heavy atom. The third kappa shape index (κ3) is 8.85. The zero-order valence-electron chi connectivity index (χ0n) is 28.2. The number of fused-ring (bicyclic) bond motifs is 2. The van der Waals surface area contributed by atoms with Crippen LogP contribution in [-0.4, -0.2) is 80.9 Å². The number of ether oxygens (including phenoxy) is 7. The second-order valence-corrected chi connectivity index (χ2v) is 14.5. The first-order valence-electron chi connectivity index (χ1n) is 17.7. The standard InChI is InChI=1S/C19H28O7.C16H24O5/c1-3-11(2)18(21)24-5-4-23-16(20)10-25-17-13-6-12-7-14(9-13)19(22)26-15(17)8-12;1-3-9(2)15(17)20-8-19-14-11-4-10-5-12(7-11)16(18)21-13(14)6-10/h11-15,17H,3-10H2,1-2H3;9-14H,3-8H2,1-2H3. The molecular formula is C35H52O12. The Kier molecular flexibility index (Phi) is 12.2. The second-order valence-electron chi connectivity index (χ2n) is 14.5. The van der Waals surface area contributed by atoms with Crippen LogP contribution in [0.2, 0.25) is 0 Å². The molecule has 8 bridgehead atoms. The summed E-state index contributed by atoms with van der Waals surface area (Å²) in [6, 6.07) is 0. The van der Waals surface area contributed by atoms with E-state index in [0.717, 1.165) is 57.8 Å². The van der Waals surface area contributed by atoms with Crippen molar-refractivity contribution in [3.05, 3.63) is 0 Å². The van der Waals surface area contributed by atoms with Gasteiger partial charge in [0.1, 0.15) is 38.1 Å². The molecule has 8 aliphatic rings. The lowest BCUT2D eigenvalue weighted by Gasteiger charge is -2.41. The van der Waals surface area contributed by atoms with Gasteiger partial charge in [-0.15, -0.1) is 0 Å².